The summed E-state index contributed by atoms with van der Waals surface area (Å²) in [6.07, 6.45) is 0.353. The molecule has 0 aromatic heterocycles. The molecule has 0 aliphatic heterocycles. The molecule has 18 heavy (non-hydrogen) atoms. The molecule has 0 aliphatic carbocycles. The quantitative estimate of drug-likeness (QED) is 0.603. The summed E-state index contributed by atoms with van der Waals surface area (Å²) in [6.45, 7) is 6.41. The summed E-state index contributed by atoms with van der Waals surface area (Å²) < 4.78 is 5.45. The lowest BCUT2D eigenvalue weighted by atomic mass is 10.1. The lowest BCUT2D eigenvalue weighted by Gasteiger charge is -2.13. The van der Waals surface area contributed by atoms with E-state index in [1.165, 1.54) is 18.2 Å². The molecule has 0 bridgehead atoms. The highest BCUT2D eigenvalue weighted by Gasteiger charge is 2.17. The van der Waals surface area contributed by atoms with Gasteiger partial charge in [-0.1, -0.05) is 13.8 Å². The molecule has 4 heteroatoms. The van der Waals surface area contributed by atoms with E-state index in [2.05, 4.69) is 13.8 Å². The zero-order valence-electron chi connectivity index (χ0n) is 11.0. The molecule has 0 radical (unpaired) electrons. The summed E-state index contributed by atoms with van der Waals surface area (Å²) in [5.41, 5.74) is 0.336. The summed E-state index contributed by atoms with van der Waals surface area (Å²) in [5.74, 6) is -0.200. The third-order valence-corrected chi connectivity index (χ3v) is 2.69. The van der Waals surface area contributed by atoms with Gasteiger partial charge in [0.1, 0.15) is 6.10 Å². The van der Waals surface area contributed by atoms with Crippen LogP contribution in [0.15, 0.2) is 18.2 Å². The van der Waals surface area contributed by atoms with Gasteiger partial charge in [-0.15, -0.1) is 0 Å². The van der Waals surface area contributed by atoms with Crippen LogP contribution in [0.4, 0.5) is 0 Å². The van der Waals surface area contributed by atoms with Crippen LogP contribution in [0.1, 0.15) is 37.6 Å². The van der Waals surface area contributed by atoms with E-state index in [0.29, 0.717) is 18.1 Å². The normalized spacial score (nSPS) is 12.7. The molecule has 0 aliphatic rings. The number of phenols is 2. The summed E-state index contributed by atoms with van der Waals surface area (Å²) in [7, 11) is 0. The van der Waals surface area contributed by atoms with Crippen LogP contribution in [0.25, 0.3) is 0 Å². The molecule has 0 saturated heterocycles. The Bertz CT molecular complexity index is 412. The molecule has 2 N–H and O–H groups in total. The number of carbonyl (C=O) groups excluding carboxylic acids is 1. The maximum atomic E-state index is 12.0. The summed E-state index contributed by atoms with van der Waals surface area (Å²) in [5, 5.41) is 18.5. The van der Waals surface area contributed by atoms with E-state index in [9.17, 15) is 15.0 Å². The number of phenolic OH excluding ortho intramolecular Hbond substituents is 2. The molecule has 1 atom stereocenters. The molecule has 100 valence electrons. The van der Waals surface area contributed by atoms with Crippen molar-refractivity contribution >= 4 is 5.78 Å². The first kappa shape index (κ1) is 14.5. The van der Waals surface area contributed by atoms with Crippen LogP contribution in [-0.4, -0.2) is 28.7 Å². The number of aromatic hydroxyl groups is 2. The fourth-order valence-corrected chi connectivity index (χ4v) is 1.47. The summed E-state index contributed by atoms with van der Waals surface area (Å²) >= 11 is 0. The molecule has 1 aromatic rings. The van der Waals surface area contributed by atoms with Crippen LogP contribution in [0.3, 0.4) is 0 Å². The van der Waals surface area contributed by atoms with E-state index < -0.39 is 6.10 Å². The Labute approximate surface area is 107 Å². The standard InChI is InChI=1S/C14H20O4/c1-9(2)6-7-18-10(3)14(17)11-4-5-12(15)13(16)8-11/h4-5,8-10,15-16H,6-7H2,1-3H3. The van der Waals surface area contributed by atoms with Gasteiger partial charge < -0.3 is 14.9 Å². The second kappa shape index (κ2) is 6.40. The SMILES string of the molecule is CC(C)CCOC(C)C(=O)c1ccc(O)c(O)c1. The molecule has 0 heterocycles. The maximum Gasteiger partial charge on any atom is 0.191 e. The Morgan fingerprint density at radius 2 is 1.89 bits per heavy atom. The van der Waals surface area contributed by atoms with Gasteiger partial charge in [0.15, 0.2) is 17.3 Å². The third-order valence-electron chi connectivity index (χ3n) is 2.69. The lowest BCUT2D eigenvalue weighted by Crippen LogP contribution is -2.21. The molecule has 0 fully saturated rings. The van der Waals surface area contributed by atoms with Gasteiger partial charge in [0, 0.05) is 12.2 Å². The van der Waals surface area contributed by atoms with Gasteiger partial charge in [-0.25, -0.2) is 0 Å². The number of ketones is 1. The fraction of sp³-hybridized carbons (Fsp3) is 0.500. The van der Waals surface area contributed by atoms with Gasteiger partial charge in [0.05, 0.1) is 0 Å². The third kappa shape index (κ3) is 4.04. The first-order valence-electron chi connectivity index (χ1n) is 6.09. The van der Waals surface area contributed by atoms with Crippen LogP contribution in [0.5, 0.6) is 11.5 Å². The van der Waals surface area contributed by atoms with Crippen LogP contribution < -0.4 is 0 Å². The molecule has 1 rings (SSSR count). The number of Topliss-reactive ketones (excluding diaryl/α,β-unsaturated/α-hetero) is 1. The number of hydrogen-bond acceptors (Lipinski definition) is 4. The van der Waals surface area contributed by atoms with Crippen molar-refractivity contribution in [1.82, 2.24) is 0 Å². The van der Waals surface area contributed by atoms with Gasteiger partial charge in [-0.05, 0) is 37.5 Å². The molecular weight excluding hydrogens is 232 g/mol. The Balaban J connectivity index is 2.60. The molecule has 0 amide bonds. The minimum absolute atomic E-state index is 0.200. The van der Waals surface area contributed by atoms with Crippen molar-refractivity contribution in [2.24, 2.45) is 5.92 Å². The van der Waals surface area contributed by atoms with Gasteiger partial charge in [-0.3, -0.25) is 4.79 Å². The Hall–Kier alpha value is -1.55. The van der Waals surface area contributed by atoms with Gasteiger partial charge in [0.25, 0.3) is 0 Å². The highest BCUT2D eigenvalue weighted by Crippen LogP contribution is 2.25. The topological polar surface area (TPSA) is 66.8 Å². The van der Waals surface area contributed by atoms with Crippen molar-refractivity contribution < 1.29 is 19.7 Å². The fourth-order valence-electron chi connectivity index (χ4n) is 1.47. The first-order chi connectivity index (χ1) is 8.41. The summed E-state index contributed by atoms with van der Waals surface area (Å²) in [6, 6.07) is 4.02. The zero-order valence-corrected chi connectivity index (χ0v) is 11.0. The number of benzene rings is 1. The minimum atomic E-state index is -0.548. The van der Waals surface area contributed by atoms with E-state index in [1.807, 2.05) is 0 Å². The highest BCUT2D eigenvalue weighted by atomic mass is 16.5. The number of hydrogen-bond donors (Lipinski definition) is 2. The van der Waals surface area contributed by atoms with Crippen LogP contribution in [0, 0.1) is 5.92 Å². The molecule has 1 aromatic carbocycles. The van der Waals surface area contributed by atoms with Crippen molar-refractivity contribution in [1.29, 1.82) is 0 Å². The minimum Gasteiger partial charge on any atom is -0.504 e. The van der Waals surface area contributed by atoms with Gasteiger partial charge >= 0.3 is 0 Å². The maximum absolute atomic E-state index is 12.0. The number of carbonyl (C=O) groups is 1. The number of ether oxygens (including phenoxy) is 1. The van der Waals surface area contributed by atoms with Crippen LogP contribution in [0.2, 0.25) is 0 Å². The second-order valence-corrected chi connectivity index (χ2v) is 4.76. The zero-order chi connectivity index (χ0) is 13.7. The van der Waals surface area contributed by atoms with E-state index in [4.69, 9.17) is 4.74 Å². The van der Waals surface area contributed by atoms with Crippen molar-refractivity contribution in [2.45, 2.75) is 33.3 Å². The van der Waals surface area contributed by atoms with E-state index in [0.717, 1.165) is 6.42 Å². The van der Waals surface area contributed by atoms with Crippen molar-refractivity contribution in [3.05, 3.63) is 23.8 Å². The Morgan fingerprint density at radius 1 is 1.22 bits per heavy atom. The Kier molecular flexibility index (Phi) is 5.16. The summed E-state index contributed by atoms with van der Waals surface area (Å²) in [4.78, 5) is 12.0. The van der Waals surface area contributed by atoms with Gasteiger partial charge in [-0.2, -0.15) is 0 Å². The monoisotopic (exact) mass is 252 g/mol. The van der Waals surface area contributed by atoms with E-state index >= 15 is 0 Å². The molecule has 1 unspecified atom stereocenters. The highest BCUT2D eigenvalue weighted by molar-refractivity contribution is 5.99. The molecular formula is C14H20O4. The van der Waals surface area contributed by atoms with Gasteiger partial charge in [0.2, 0.25) is 0 Å². The Morgan fingerprint density at radius 3 is 2.44 bits per heavy atom. The molecule has 0 saturated carbocycles. The van der Waals surface area contributed by atoms with Crippen LogP contribution >= 0.6 is 0 Å². The first-order valence-corrected chi connectivity index (χ1v) is 6.09. The van der Waals surface area contributed by atoms with Crippen molar-refractivity contribution in [3.8, 4) is 11.5 Å². The molecule has 0 spiro atoms. The lowest BCUT2D eigenvalue weighted by molar-refractivity contribution is 0.0443. The predicted molar refractivity (Wildman–Crippen MR) is 69.0 cm³/mol. The number of rotatable bonds is 6. The second-order valence-electron chi connectivity index (χ2n) is 4.76. The molecule has 4 nitrogen and oxygen atoms in total. The smallest absolute Gasteiger partial charge is 0.191 e. The van der Waals surface area contributed by atoms with E-state index in [-0.39, 0.29) is 17.3 Å². The van der Waals surface area contributed by atoms with E-state index in [1.54, 1.807) is 6.92 Å². The largest absolute Gasteiger partial charge is 0.504 e. The average Bonchev–Trinajstić information content (AvgIpc) is 2.31. The van der Waals surface area contributed by atoms with Crippen molar-refractivity contribution in [3.63, 3.8) is 0 Å². The predicted octanol–water partition coefficient (Wildman–Crippen LogP) is 2.73. The van der Waals surface area contributed by atoms with Crippen molar-refractivity contribution in [2.75, 3.05) is 6.61 Å². The van der Waals surface area contributed by atoms with Crippen LogP contribution in [-0.2, 0) is 4.74 Å². The average molecular weight is 252 g/mol.